The third-order valence-electron chi connectivity index (χ3n) is 6.41. The van der Waals surface area contributed by atoms with Gasteiger partial charge in [-0.25, -0.2) is 0 Å². The average Bonchev–Trinajstić information content (AvgIpc) is 2.80. The number of hydrogen-bond donors (Lipinski definition) is 2. The fraction of sp³-hybridized carbons (Fsp3) is 0.440. The Morgan fingerprint density at radius 3 is 2.77 bits per heavy atom. The fourth-order valence-corrected chi connectivity index (χ4v) is 4.52. The molecule has 0 bridgehead atoms. The Bertz CT molecular complexity index is 912. The lowest BCUT2D eigenvalue weighted by Gasteiger charge is -2.30. The Balaban J connectivity index is 1.28. The predicted molar refractivity (Wildman–Crippen MR) is 121 cm³/mol. The number of piperidine rings is 1. The molecule has 0 spiro atoms. The van der Waals surface area contributed by atoms with Crippen LogP contribution in [-0.2, 0) is 11.3 Å². The molecule has 2 N–H and O–H groups in total. The lowest BCUT2D eigenvalue weighted by atomic mass is 10.0. The van der Waals surface area contributed by atoms with E-state index in [2.05, 4.69) is 12.2 Å². The normalized spacial score (nSPS) is 20.7. The topological polar surface area (TPSA) is 63.1 Å². The molecule has 1 fully saturated rings. The Labute approximate surface area is 184 Å². The summed E-state index contributed by atoms with van der Waals surface area (Å²) in [6.45, 7) is 5.92. The first-order valence-electron chi connectivity index (χ1n) is 11.4. The van der Waals surface area contributed by atoms with E-state index in [9.17, 15) is 9.59 Å². The molecule has 0 aromatic heterocycles. The number of quaternary nitrogens is 1. The Hall–Kier alpha value is -2.86. The number of nitrogens with one attached hydrogen (secondary N) is 2. The van der Waals surface area contributed by atoms with Crippen molar-refractivity contribution in [1.82, 2.24) is 5.32 Å². The van der Waals surface area contributed by atoms with Gasteiger partial charge in [0.15, 0.2) is 6.61 Å². The molecule has 2 aliphatic heterocycles. The molecule has 4 rings (SSSR count). The molecule has 2 aromatic carbocycles. The van der Waals surface area contributed by atoms with Crippen LogP contribution < -0.4 is 19.9 Å². The summed E-state index contributed by atoms with van der Waals surface area (Å²) in [6.07, 6.45) is 4.99. The van der Waals surface area contributed by atoms with Crippen LogP contribution in [0, 0.1) is 0 Å². The highest BCUT2D eigenvalue weighted by Gasteiger charge is 2.25. The van der Waals surface area contributed by atoms with Crippen molar-refractivity contribution < 1.29 is 19.2 Å². The summed E-state index contributed by atoms with van der Waals surface area (Å²) in [4.78, 5) is 28.2. The molecule has 1 unspecified atom stereocenters. The van der Waals surface area contributed by atoms with Crippen LogP contribution in [-0.4, -0.2) is 44.1 Å². The van der Waals surface area contributed by atoms with Gasteiger partial charge in [0.05, 0.1) is 31.4 Å². The minimum absolute atomic E-state index is 0.0407. The maximum atomic E-state index is 12.5. The number of rotatable bonds is 7. The second kappa shape index (κ2) is 9.96. The summed E-state index contributed by atoms with van der Waals surface area (Å²) in [5.41, 5.74) is 2.41. The van der Waals surface area contributed by atoms with Crippen LogP contribution >= 0.6 is 0 Å². The quantitative estimate of drug-likeness (QED) is 0.673. The van der Waals surface area contributed by atoms with Crippen LogP contribution in [0.25, 0.3) is 0 Å². The van der Waals surface area contributed by atoms with E-state index in [4.69, 9.17) is 4.74 Å². The summed E-state index contributed by atoms with van der Waals surface area (Å²) in [6, 6.07) is 15.8. The molecule has 2 aromatic rings. The van der Waals surface area contributed by atoms with Gasteiger partial charge in [-0.15, -0.1) is 0 Å². The third-order valence-corrected chi connectivity index (χ3v) is 6.41. The molecule has 0 aliphatic carbocycles. The molecule has 2 heterocycles. The van der Waals surface area contributed by atoms with Gasteiger partial charge >= 0.3 is 0 Å². The summed E-state index contributed by atoms with van der Waals surface area (Å²) >= 11 is 0. The number of carbonyl (C=O) groups excluding carboxylic acids is 2. The van der Waals surface area contributed by atoms with E-state index in [-0.39, 0.29) is 18.4 Å². The van der Waals surface area contributed by atoms with Gasteiger partial charge in [0.25, 0.3) is 11.8 Å². The fourth-order valence-electron chi connectivity index (χ4n) is 4.52. The van der Waals surface area contributed by atoms with Crippen molar-refractivity contribution >= 4 is 17.5 Å². The molecule has 1 saturated heterocycles. The van der Waals surface area contributed by atoms with E-state index >= 15 is 0 Å². The lowest BCUT2D eigenvalue weighted by Crippen LogP contribution is -3.16. The Morgan fingerprint density at radius 2 is 1.97 bits per heavy atom. The first-order valence-corrected chi connectivity index (χ1v) is 11.4. The molecule has 2 aliphatic rings. The van der Waals surface area contributed by atoms with E-state index in [1.807, 2.05) is 48.5 Å². The van der Waals surface area contributed by atoms with Gasteiger partial charge in [0, 0.05) is 18.5 Å². The van der Waals surface area contributed by atoms with Crippen molar-refractivity contribution in [2.24, 2.45) is 0 Å². The van der Waals surface area contributed by atoms with Crippen molar-refractivity contribution in [1.29, 1.82) is 0 Å². The number of ether oxygens (including phenoxy) is 1. The second-order valence-corrected chi connectivity index (χ2v) is 8.60. The molecule has 164 valence electrons. The number of para-hydroxylation sites is 2. The third kappa shape index (κ3) is 5.25. The van der Waals surface area contributed by atoms with Gasteiger partial charge in [-0.3, -0.25) is 9.59 Å². The highest BCUT2D eigenvalue weighted by molar-refractivity contribution is 5.98. The number of fused-ring (bicyclic) bond motifs is 1. The van der Waals surface area contributed by atoms with E-state index in [0.717, 1.165) is 36.0 Å². The van der Waals surface area contributed by atoms with Gasteiger partial charge in [0.1, 0.15) is 5.75 Å². The SMILES string of the molecule is C[C@@H]1CCCC[NH+]1CCCNC(=O)c1ccc(CN2C(=O)COc3ccccc32)cc1. The van der Waals surface area contributed by atoms with Crippen molar-refractivity contribution in [3.05, 3.63) is 59.7 Å². The Kier molecular flexibility index (Phi) is 6.87. The standard InChI is InChI=1S/C25H31N3O3/c1-19-7-4-5-15-27(19)16-6-14-26-25(30)21-12-10-20(11-13-21)17-28-22-8-2-3-9-23(22)31-18-24(28)29/h2-3,8-13,19H,4-7,14-18H2,1H3,(H,26,30)/p+1/t19-/m1/s1. The molecule has 0 radical (unpaired) electrons. The molecule has 6 nitrogen and oxygen atoms in total. The van der Waals surface area contributed by atoms with Crippen LogP contribution in [0.5, 0.6) is 5.75 Å². The van der Waals surface area contributed by atoms with Crippen LogP contribution in [0.2, 0.25) is 0 Å². The number of benzene rings is 2. The van der Waals surface area contributed by atoms with Gasteiger partial charge in [0.2, 0.25) is 0 Å². The van der Waals surface area contributed by atoms with Crippen LogP contribution in [0.4, 0.5) is 5.69 Å². The highest BCUT2D eigenvalue weighted by Crippen LogP contribution is 2.32. The van der Waals surface area contributed by atoms with Crippen LogP contribution in [0.3, 0.4) is 0 Å². The van der Waals surface area contributed by atoms with Crippen LogP contribution in [0.15, 0.2) is 48.5 Å². The van der Waals surface area contributed by atoms with E-state index in [0.29, 0.717) is 18.7 Å². The molecule has 2 amide bonds. The van der Waals surface area contributed by atoms with Crippen molar-refractivity contribution in [2.45, 2.75) is 45.2 Å². The molecule has 0 saturated carbocycles. The molecule has 31 heavy (non-hydrogen) atoms. The predicted octanol–water partition coefficient (Wildman–Crippen LogP) is 2.19. The summed E-state index contributed by atoms with van der Waals surface area (Å²) < 4.78 is 5.50. The molecule has 2 atom stereocenters. The van der Waals surface area contributed by atoms with E-state index < -0.39 is 0 Å². The molecule has 6 heteroatoms. The number of hydrogen-bond acceptors (Lipinski definition) is 3. The smallest absolute Gasteiger partial charge is 0.265 e. The number of carbonyl (C=O) groups is 2. The average molecular weight is 423 g/mol. The van der Waals surface area contributed by atoms with Crippen molar-refractivity contribution in [3.8, 4) is 5.75 Å². The molecular formula is C25H32N3O3+. The zero-order chi connectivity index (χ0) is 21.6. The minimum atomic E-state index is -0.0642. The number of anilines is 1. The van der Waals surface area contributed by atoms with Crippen LogP contribution in [0.1, 0.15) is 48.5 Å². The summed E-state index contributed by atoms with van der Waals surface area (Å²) in [7, 11) is 0. The first-order chi connectivity index (χ1) is 15.1. The maximum Gasteiger partial charge on any atom is 0.265 e. The zero-order valence-corrected chi connectivity index (χ0v) is 18.2. The first kappa shape index (κ1) is 21.4. The van der Waals surface area contributed by atoms with Gasteiger partial charge in [-0.05, 0) is 56.0 Å². The number of likely N-dealkylation sites (tertiary alicyclic amines) is 1. The summed E-state index contributed by atoms with van der Waals surface area (Å²) in [5.74, 6) is 0.616. The number of nitrogens with zero attached hydrogens (tertiary/aromatic N) is 1. The van der Waals surface area contributed by atoms with Crippen molar-refractivity contribution in [3.63, 3.8) is 0 Å². The van der Waals surface area contributed by atoms with E-state index in [1.165, 1.54) is 25.8 Å². The number of amides is 2. The van der Waals surface area contributed by atoms with Gasteiger partial charge in [-0.1, -0.05) is 24.3 Å². The summed E-state index contributed by atoms with van der Waals surface area (Å²) in [5, 5.41) is 3.04. The van der Waals surface area contributed by atoms with Gasteiger partial charge < -0.3 is 19.9 Å². The monoisotopic (exact) mass is 422 g/mol. The lowest BCUT2D eigenvalue weighted by molar-refractivity contribution is -0.928. The van der Waals surface area contributed by atoms with Crippen molar-refractivity contribution in [2.75, 3.05) is 31.1 Å². The zero-order valence-electron chi connectivity index (χ0n) is 18.2. The second-order valence-electron chi connectivity index (χ2n) is 8.60. The highest BCUT2D eigenvalue weighted by atomic mass is 16.5. The molecular weight excluding hydrogens is 390 g/mol. The Morgan fingerprint density at radius 1 is 1.16 bits per heavy atom. The van der Waals surface area contributed by atoms with E-state index in [1.54, 1.807) is 9.80 Å². The minimum Gasteiger partial charge on any atom is -0.482 e. The largest absolute Gasteiger partial charge is 0.482 e. The van der Waals surface area contributed by atoms with Gasteiger partial charge in [-0.2, -0.15) is 0 Å². The maximum absolute atomic E-state index is 12.5.